The van der Waals surface area contributed by atoms with Crippen molar-refractivity contribution in [2.75, 3.05) is 14.2 Å². The highest BCUT2D eigenvalue weighted by molar-refractivity contribution is 5.89. The number of ether oxygens (including phenoxy) is 2. The van der Waals surface area contributed by atoms with Crippen LogP contribution in [0.1, 0.15) is 33.9 Å². The van der Waals surface area contributed by atoms with Crippen molar-refractivity contribution in [1.82, 2.24) is 5.32 Å². The van der Waals surface area contributed by atoms with E-state index in [1.54, 1.807) is 20.3 Å². The highest BCUT2D eigenvalue weighted by atomic mass is 16.5. The molecule has 5 heteroatoms. The molecular formula is C20H21NO4. The molecule has 1 atom stereocenters. The maximum atomic E-state index is 11.7. The fourth-order valence-corrected chi connectivity index (χ4v) is 3.18. The van der Waals surface area contributed by atoms with Gasteiger partial charge in [-0.3, -0.25) is 0 Å². The van der Waals surface area contributed by atoms with Gasteiger partial charge in [-0.05, 0) is 60.4 Å². The minimum Gasteiger partial charge on any atom is -0.507 e. The number of benzene rings is 2. The Morgan fingerprint density at radius 2 is 1.76 bits per heavy atom. The van der Waals surface area contributed by atoms with Gasteiger partial charge in [-0.25, -0.2) is 0 Å². The normalized spacial score (nSPS) is 15.7. The molecule has 2 N–H and O–H groups in total. The number of methoxy groups -OCH3 is 2. The topological polar surface area (TPSA) is 67.8 Å². The predicted octanol–water partition coefficient (Wildman–Crippen LogP) is 3.37. The summed E-state index contributed by atoms with van der Waals surface area (Å²) in [5.74, 6) is 1.55. The second-order valence-corrected chi connectivity index (χ2v) is 6.11. The van der Waals surface area contributed by atoms with Gasteiger partial charge in [0, 0.05) is 17.3 Å². The van der Waals surface area contributed by atoms with Crippen LogP contribution in [0.3, 0.4) is 0 Å². The molecule has 5 nitrogen and oxygen atoms in total. The number of aldehydes is 1. The average molecular weight is 339 g/mol. The highest BCUT2D eigenvalue weighted by Gasteiger charge is 2.26. The molecule has 3 rings (SSSR count). The van der Waals surface area contributed by atoms with Crippen LogP contribution in [0.25, 0.3) is 11.8 Å². The Bertz CT molecular complexity index is 847. The number of fused-ring (bicyclic) bond motifs is 1. The van der Waals surface area contributed by atoms with E-state index >= 15 is 0 Å². The average Bonchev–Trinajstić information content (AvgIpc) is 2.63. The SMILES string of the molecule is COc1cc2c(c(OC)c1)C(C=O)NC(c1cc(C)c(O)c(C)c1)=C2. The summed E-state index contributed by atoms with van der Waals surface area (Å²) in [5.41, 5.74) is 4.95. The van der Waals surface area contributed by atoms with Crippen LogP contribution in [0, 0.1) is 13.8 Å². The van der Waals surface area contributed by atoms with Crippen molar-refractivity contribution in [3.63, 3.8) is 0 Å². The van der Waals surface area contributed by atoms with E-state index in [0.29, 0.717) is 11.5 Å². The number of carbonyl (C=O) groups is 1. The molecule has 0 aromatic heterocycles. The number of aromatic hydroxyl groups is 1. The number of rotatable bonds is 4. The molecule has 0 aliphatic carbocycles. The van der Waals surface area contributed by atoms with Crippen LogP contribution in [0.5, 0.6) is 17.2 Å². The zero-order chi connectivity index (χ0) is 18.1. The van der Waals surface area contributed by atoms with E-state index < -0.39 is 6.04 Å². The van der Waals surface area contributed by atoms with E-state index in [1.807, 2.05) is 38.1 Å². The summed E-state index contributed by atoms with van der Waals surface area (Å²) in [6.45, 7) is 3.71. The first-order chi connectivity index (χ1) is 12.0. The molecule has 1 aliphatic rings. The van der Waals surface area contributed by atoms with Crippen LogP contribution in [0.4, 0.5) is 0 Å². The smallest absolute Gasteiger partial charge is 0.146 e. The lowest BCUT2D eigenvalue weighted by atomic mass is 9.92. The number of phenolic OH excluding ortho intramolecular Hbond substituents is 1. The van der Waals surface area contributed by atoms with E-state index in [-0.39, 0.29) is 5.75 Å². The largest absolute Gasteiger partial charge is 0.507 e. The first-order valence-electron chi connectivity index (χ1n) is 7.98. The molecule has 1 heterocycles. The Hall–Kier alpha value is -2.95. The molecule has 2 aromatic rings. The lowest BCUT2D eigenvalue weighted by molar-refractivity contribution is -0.109. The molecule has 0 radical (unpaired) electrons. The van der Waals surface area contributed by atoms with E-state index in [4.69, 9.17) is 9.47 Å². The Morgan fingerprint density at radius 3 is 2.32 bits per heavy atom. The molecule has 1 unspecified atom stereocenters. The van der Waals surface area contributed by atoms with Gasteiger partial charge in [0.1, 0.15) is 29.6 Å². The highest BCUT2D eigenvalue weighted by Crippen LogP contribution is 2.39. The molecule has 0 saturated heterocycles. The van der Waals surface area contributed by atoms with E-state index in [0.717, 1.165) is 39.8 Å². The van der Waals surface area contributed by atoms with Gasteiger partial charge in [0.05, 0.1) is 14.2 Å². The molecule has 130 valence electrons. The maximum absolute atomic E-state index is 11.7. The second-order valence-electron chi connectivity index (χ2n) is 6.11. The molecule has 0 spiro atoms. The molecule has 0 amide bonds. The van der Waals surface area contributed by atoms with Gasteiger partial charge in [-0.15, -0.1) is 0 Å². The zero-order valence-electron chi connectivity index (χ0n) is 14.7. The number of nitrogens with one attached hydrogen (secondary N) is 1. The Balaban J connectivity index is 2.19. The minimum absolute atomic E-state index is 0.288. The number of phenols is 1. The molecule has 0 fully saturated rings. The van der Waals surface area contributed by atoms with Crippen molar-refractivity contribution in [2.24, 2.45) is 0 Å². The summed E-state index contributed by atoms with van der Waals surface area (Å²) < 4.78 is 10.8. The van der Waals surface area contributed by atoms with Gasteiger partial charge >= 0.3 is 0 Å². The standard InChI is InChI=1S/C20H21NO4/c1-11-5-13(6-12(2)20(11)23)16-8-14-7-15(24-3)9-18(25-4)19(14)17(10-22)21-16/h5-10,17,21,23H,1-4H3. The first kappa shape index (κ1) is 16.9. The van der Waals surface area contributed by atoms with Crippen LogP contribution < -0.4 is 14.8 Å². The molecule has 0 saturated carbocycles. The second kappa shape index (κ2) is 6.51. The summed E-state index contributed by atoms with van der Waals surface area (Å²) in [6, 6.07) is 6.92. The summed E-state index contributed by atoms with van der Waals surface area (Å²) in [4.78, 5) is 11.7. The third-order valence-corrected chi connectivity index (χ3v) is 4.46. The van der Waals surface area contributed by atoms with Crippen molar-refractivity contribution in [2.45, 2.75) is 19.9 Å². The molecule has 2 aromatic carbocycles. The number of carbonyl (C=O) groups excluding carboxylic acids is 1. The van der Waals surface area contributed by atoms with Crippen molar-refractivity contribution in [1.29, 1.82) is 0 Å². The van der Waals surface area contributed by atoms with E-state index in [9.17, 15) is 9.90 Å². The van der Waals surface area contributed by atoms with Gasteiger partial charge in [-0.2, -0.15) is 0 Å². The summed E-state index contributed by atoms with van der Waals surface area (Å²) >= 11 is 0. The van der Waals surface area contributed by atoms with Crippen molar-refractivity contribution >= 4 is 18.1 Å². The van der Waals surface area contributed by atoms with Crippen molar-refractivity contribution in [3.8, 4) is 17.2 Å². The van der Waals surface area contributed by atoms with Crippen molar-refractivity contribution < 1.29 is 19.4 Å². The van der Waals surface area contributed by atoms with Crippen LogP contribution in [0.2, 0.25) is 0 Å². The summed E-state index contributed by atoms with van der Waals surface area (Å²) in [5, 5.41) is 13.2. The Morgan fingerprint density at radius 1 is 1.08 bits per heavy atom. The van der Waals surface area contributed by atoms with E-state index in [1.165, 1.54) is 0 Å². The predicted molar refractivity (Wildman–Crippen MR) is 96.9 cm³/mol. The molecular weight excluding hydrogens is 318 g/mol. The Kier molecular flexibility index (Phi) is 4.40. The van der Waals surface area contributed by atoms with Gasteiger partial charge in [0.25, 0.3) is 0 Å². The van der Waals surface area contributed by atoms with E-state index in [2.05, 4.69) is 5.32 Å². The van der Waals surface area contributed by atoms with Crippen LogP contribution in [-0.4, -0.2) is 25.6 Å². The molecule has 0 bridgehead atoms. The van der Waals surface area contributed by atoms with Gasteiger partial charge in [0.15, 0.2) is 0 Å². The zero-order valence-corrected chi connectivity index (χ0v) is 14.7. The summed E-state index contributed by atoms with van der Waals surface area (Å²) in [7, 11) is 3.17. The molecule has 25 heavy (non-hydrogen) atoms. The third-order valence-electron chi connectivity index (χ3n) is 4.46. The van der Waals surface area contributed by atoms with Crippen LogP contribution in [-0.2, 0) is 4.79 Å². The number of hydrogen-bond donors (Lipinski definition) is 2. The van der Waals surface area contributed by atoms with Gasteiger partial charge in [-0.1, -0.05) is 0 Å². The fourth-order valence-electron chi connectivity index (χ4n) is 3.18. The number of hydrogen-bond acceptors (Lipinski definition) is 5. The third kappa shape index (κ3) is 2.93. The Labute approximate surface area is 146 Å². The monoisotopic (exact) mass is 339 g/mol. The first-order valence-corrected chi connectivity index (χ1v) is 7.98. The van der Waals surface area contributed by atoms with Crippen LogP contribution in [0.15, 0.2) is 24.3 Å². The van der Waals surface area contributed by atoms with Gasteiger partial charge in [0.2, 0.25) is 0 Å². The van der Waals surface area contributed by atoms with Crippen molar-refractivity contribution in [3.05, 3.63) is 52.1 Å². The summed E-state index contributed by atoms with van der Waals surface area (Å²) in [6.07, 6.45) is 2.83. The quantitative estimate of drug-likeness (QED) is 0.836. The fraction of sp³-hybridized carbons (Fsp3) is 0.250. The number of aryl methyl sites for hydroxylation is 2. The lowest BCUT2D eigenvalue weighted by Gasteiger charge is -2.27. The minimum atomic E-state index is -0.523. The lowest BCUT2D eigenvalue weighted by Crippen LogP contribution is -2.26. The van der Waals surface area contributed by atoms with Gasteiger partial charge < -0.3 is 24.7 Å². The molecule has 1 aliphatic heterocycles. The van der Waals surface area contributed by atoms with Crippen LogP contribution >= 0.6 is 0 Å². The maximum Gasteiger partial charge on any atom is 0.146 e.